The molecule has 0 saturated heterocycles. The first kappa shape index (κ1) is 15.4. The van der Waals surface area contributed by atoms with Crippen molar-refractivity contribution in [2.45, 2.75) is 19.8 Å². The first-order valence-electron chi connectivity index (χ1n) is 5.95. The van der Waals surface area contributed by atoms with Crippen LogP contribution in [0.2, 0.25) is 10.0 Å². The van der Waals surface area contributed by atoms with Crippen molar-refractivity contribution < 1.29 is 4.74 Å². The predicted octanol–water partition coefficient (Wildman–Crippen LogP) is 4.87. The average molecular weight is 377 g/mol. The maximum atomic E-state index is 6.10. The van der Waals surface area contributed by atoms with Crippen molar-refractivity contribution in [3.8, 4) is 11.6 Å². The molecular formula is C13H12BrCl2N3O. The Kier molecular flexibility index (Phi) is 5.07. The van der Waals surface area contributed by atoms with Crippen LogP contribution in [0.5, 0.6) is 11.6 Å². The summed E-state index contributed by atoms with van der Waals surface area (Å²) in [6.45, 7) is 2.04. The standard InChI is InChI=1S/C13H12BrCl2N3O/c1-2-3-12-18-11(17)6-13(19-12)20-10-5-8(15)7(14)4-9(10)16/h4-6H,2-3H2,1H3,(H2,17,18,19). The fraction of sp³-hybridized carbons (Fsp3) is 0.231. The van der Waals surface area contributed by atoms with Crippen LogP contribution >= 0.6 is 39.1 Å². The van der Waals surface area contributed by atoms with Crippen molar-refractivity contribution in [1.29, 1.82) is 0 Å². The van der Waals surface area contributed by atoms with Crippen LogP contribution in [0, 0.1) is 0 Å². The summed E-state index contributed by atoms with van der Waals surface area (Å²) < 4.78 is 6.34. The SMILES string of the molecule is CCCc1nc(N)cc(Oc2cc(Cl)c(Br)cc2Cl)n1. The second kappa shape index (κ2) is 6.61. The number of ether oxygens (including phenoxy) is 1. The first-order chi connectivity index (χ1) is 9.49. The second-order valence-corrected chi connectivity index (χ2v) is 5.76. The van der Waals surface area contributed by atoms with Gasteiger partial charge in [-0.05, 0) is 28.4 Å². The highest BCUT2D eigenvalue weighted by Gasteiger charge is 2.10. The topological polar surface area (TPSA) is 61.0 Å². The summed E-state index contributed by atoms with van der Waals surface area (Å²) in [7, 11) is 0. The minimum atomic E-state index is 0.348. The van der Waals surface area contributed by atoms with Crippen LogP contribution < -0.4 is 10.5 Å². The number of aromatic nitrogens is 2. The molecule has 0 aliphatic carbocycles. The van der Waals surface area contributed by atoms with E-state index in [1.807, 2.05) is 6.92 Å². The number of nitrogens with zero attached hydrogens (tertiary/aromatic N) is 2. The summed E-state index contributed by atoms with van der Waals surface area (Å²) in [5, 5.41) is 0.927. The molecule has 1 aromatic heterocycles. The zero-order valence-electron chi connectivity index (χ0n) is 10.7. The van der Waals surface area contributed by atoms with Crippen LogP contribution in [0.4, 0.5) is 5.82 Å². The molecule has 0 radical (unpaired) electrons. The monoisotopic (exact) mass is 375 g/mol. The van der Waals surface area contributed by atoms with E-state index in [2.05, 4.69) is 25.9 Å². The van der Waals surface area contributed by atoms with Crippen LogP contribution in [0.15, 0.2) is 22.7 Å². The van der Waals surface area contributed by atoms with Gasteiger partial charge in [0.25, 0.3) is 0 Å². The van der Waals surface area contributed by atoms with E-state index in [1.54, 1.807) is 18.2 Å². The van der Waals surface area contributed by atoms with Crippen molar-refractivity contribution in [1.82, 2.24) is 9.97 Å². The molecule has 1 heterocycles. The van der Waals surface area contributed by atoms with E-state index in [9.17, 15) is 0 Å². The minimum absolute atomic E-state index is 0.348. The summed E-state index contributed by atoms with van der Waals surface area (Å²) >= 11 is 15.4. The van der Waals surface area contributed by atoms with Crippen LogP contribution in [0.3, 0.4) is 0 Å². The number of benzene rings is 1. The third kappa shape index (κ3) is 3.75. The van der Waals surface area contributed by atoms with Crippen LogP contribution in [-0.4, -0.2) is 9.97 Å². The molecule has 1 aromatic carbocycles. The van der Waals surface area contributed by atoms with Crippen LogP contribution in [0.25, 0.3) is 0 Å². The van der Waals surface area contributed by atoms with Gasteiger partial charge in [0.1, 0.15) is 17.4 Å². The van der Waals surface area contributed by atoms with Gasteiger partial charge in [-0.3, -0.25) is 0 Å². The van der Waals surface area contributed by atoms with Gasteiger partial charge in [-0.25, -0.2) is 4.98 Å². The lowest BCUT2D eigenvalue weighted by molar-refractivity contribution is 0.459. The first-order valence-corrected chi connectivity index (χ1v) is 7.50. The molecule has 2 rings (SSSR count). The largest absolute Gasteiger partial charge is 0.437 e. The average Bonchev–Trinajstić information content (AvgIpc) is 2.35. The highest BCUT2D eigenvalue weighted by molar-refractivity contribution is 9.10. The smallest absolute Gasteiger partial charge is 0.224 e. The number of hydrogen-bond acceptors (Lipinski definition) is 4. The Hall–Kier alpha value is -1.04. The normalized spacial score (nSPS) is 10.6. The Morgan fingerprint density at radius 3 is 2.65 bits per heavy atom. The van der Waals surface area contributed by atoms with E-state index < -0.39 is 0 Å². The van der Waals surface area contributed by atoms with Crippen molar-refractivity contribution in [3.05, 3.63) is 38.5 Å². The van der Waals surface area contributed by atoms with E-state index >= 15 is 0 Å². The van der Waals surface area contributed by atoms with E-state index in [4.69, 9.17) is 33.7 Å². The van der Waals surface area contributed by atoms with Crippen molar-refractivity contribution in [2.75, 3.05) is 5.73 Å². The molecule has 0 amide bonds. The Bertz CT molecular complexity index is 637. The number of aryl methyl sites for hydroxylation is 1. The highest BCUT2D eigenvalue weighted by Crippen LogP contribution is 2.36. The molecule has 4 nitrogen and oxygen atoms in total. The molecule has 0 aliphatic heterocycles. The van der Waals surface area contributed by atoms with Gasteiger partial charge in [0.05, 0.1) is 10.0 Å². The van der Waals surface area contributed by atoms with Gasteiger partial charge in [-0.2, -0.15) is 4.98 Å². The second-order valence-electron chi connectivity index (χ2n) is 4.10. The number of hydrogen-bond donors (Lipinski definition) is 1. The molecule has 0 atom stereocenters. The van der Waals surface area contributed by atoms with Gasteiger partial charge in [0.2, 0.25) is 5.88 Å². The molecule has 0 saturated carbocycles. The van der Waals surface area contributed by atoms with Gasteiger partial charge in [0, 0.05) is 23.0 Å². The summed E-state index contributed by atoms with van der Waals surface area (Å²) in [6.07, 6.45) is 1.66. The van der Waals surface area contributed by atoms with Gasteiger partial charge < -0.3 is 10.5 Å². The van der Waals surface area contributed by atoms with Gasteiger partial charge in [-0.1, -0.05) is 30.1 Å². The Labute approximate surface area is 135 Å². The Morgan fingerprint density at radius 1 is 1.20 bits per heavy atom. The molecule has 0 aliphatic rings. The molecular weight excluding hydrogens is 365 g/mol. The zero-order valence-corrected chi connectivity index (χ0v) is 13.8. The minimum Gasteiger partial charge on any atom is -0.437 e. The highest BCUT2D eigenvalue weighted by atomic mass is 79.9. The maximum absolute atomic E-state index is 6.10. The Morgan fingerprint density at radius 2 is 1.95 bits per heavy atom. The zero-order chi connectivity index (χ0) is 14.7. The summed E-state index contributed by atoms with van der Waals surface area (Å²) in [6, 6.07) is 4.83. The molecule has 0 bridgehead atoms. The molecule has 0 unspecified atom stereocenters. The lowest BCUT2D eigenvalue weighted by Crippen LogP contribution is -2.01. The molecule has 106 valence electrons. The van der Waals surface area contributed by atoms with E-state index in [-0.39, 0.29) is 0 Å². The van der Waals surface area contributed by atoms with Gasteiger partial charge in [0.15, 0.2) is 0 Å². The van der Waals surface area contributed by atoms with E-state index in [0.29, 0.717) is 37.8 Å². The Balaban J connectivity index is 2.32. The summed E-state index contributed by atoms with van der Waals surface area (Å²) in [4.78, 5) is 8.42. The third-order valence-electron chi connectivity index (χ3n) is 2.43. The number of nitrogen functional groups attached to an aromatic ring is 1. The molecule has 0 fully saturated rings. The molecule has 2 N–H and O–H groups in total. The summed E-state index contributed by atoms with van der Waals surface area (Å²) in [5.41, 5.74) is 5.74. The van der Waals surface area contributed by atoms with Crippen molar-refractivity contribution in [2.24, 2.45) is 0 Å². The maximum Gasteiger partial charge on any atom is 0.224 e. The predicted molar refractivity (Wildman–Crippen MR) is 84.7 cm³/mol. The molecule has 2 aromatic rings. The van der Waals surface area contributed by atoms with Crippen LogP contribution in [-0.2, 0) is 6.42 Å². The van der Waals surface area contributed by atoms with Crippen LogP contribution in [0.1, 0.15) is 19.2 Å². The quantitative estimate of drug-likeness (QED) is 0.773. The fourth-order valence-electron chi connectivity index (χ4n) is 1.58. The molecule has 20 heavy (non-hydrogen) atoms. The van der Waals surface area contributed by atoms with E-state index in [1.165, 1.54) is 0 Å². The fourth-order valence-corrected chi connectivity index (χ4v) is 2.41. The van der Waals surface area contributed by atoms with E-state index in [0.717, 1.165) is 12.8 Å². The lowest BCUT2D eigenvalue weighted by Gasteiger charge is -2.09. The number of anilines is 1. The van der Waals surface area contributed by atoms with Gasteiger partial charge >= 0.3 is 0 Å². The third-order valence-corrected chi connectivity index (χ3v) is 3.92. The van der Waals surface area contributed by atoms with Crippen molar-refractivity contribution >= 4 is 44.9 Å². The number of rotatable bonds is 4. The lowest BCUT2D eigenvalue weighted by atomic mass is 10.3. The van der Waals surface area contributed by atoms with Crippen molar-refractivity contribution in [3.63, 3.8) is 0 Å². The summed E-state index contributed by atoms with van der Waals surface area (Å²) in [5.74, 6) is 1.77. The van der Waals surface area contributed by atoms with Gasteiger partial charge in [-0.15, -0.1) is 0 Å². The molecule has 7 heteroatoms. The molecule has 0 spiro atoms. The number of nitrogens with two attached hydrogens (primary N) is 1. The number of halogens is 3.